The summed E-state index contributed by atoms with van der Waals surface area (Å²) in [6.45, 7) is 0. The molecule has 0 aromatic carbocycles. The maximum atomic E-state index is 10.2. The van der Waals surface area contributed by atoms with E-state index in [0.29, 0.717) is 6.42 Å². The third-order valence-electron chi connectivity index (χ3n) is 1.40. The molecule has 1 aliphatic rings. The Kier molecular flexibility index (Phi) is 1.45. The van der Waals surface area contributed by atoms with E-state index in [1.54, 1.807) is 0 Å². The number of carboxylic acid groups (broad SMARTS) is 1. The van der Waals surface area contributed by atoms with Gasteiger partial charge < -0.3 is 5.11 Å². The summed E-state index contributed by atoms with van der Waals surface area (Å²) >= 11 is 5.01. The van der Waals surface area contributed by atoms with Crippen LogP contribution >= 0.6 is 11.6 Å². The Morgan fingerprint density at radius 1 is 1.44 bits per heavy atom. The predicted octanol–water partition coefficient (Wildman–Crippen LogP) is 0.473. The smallest absolute Gasteiger partial charge is 0.307 e. The van der Waals surface area contributed by atoms with Crippen molar-refractivity contribution in [1.29, 1.82) is 0 Å². The molecule has 1 aliphatic carbocycles. The SMILES string of the molecule is O=C(O)[C@H]1C[C@H]1C(=O)Cl. The first-order valence-corrected chi connectivity index (χ1v) is 2.93. The highest BCUT2D eigenvalue weighted by molar-refractivity contribution is 6.64. The molecule has 1 rings (SSSR count). The van der Waals surface area contributed by atoms with E-state index >= 15 is 0 Å². The van der Waals surface area contributed by atoms with Crippen molar-refractivity contribution in [2.45, 2.75) is 6.42 Å². The van der Waals surface area contributed by atoms with Gasteiger partial charge in [0.1, 0.15) is 0 Å². The van der Waals surface area contributed by atoms with Gasteiger partial charge in [0, 0.05) is 5.92 Å². The first kappa shape index (κ1) is 6.55. The van der Waals surface area contributed by atoms with Gasteiger partial charge in [-0.2, -0.15) is 0 Å². The number of carbonyl (C=O) groups excluding carboxylic acids is 1. The first-order chi connectivity index (χ1) is 4.13. The van der Waals surface area contributed by atoms with Crippen LogP contribution in [0.4, 0.5) is 0 Å². The van der Waals surface area contributed by atoms with Crippen molar-refractivity contribution < 1.29 is 14.7 Å². The molecule has 1 N–H and O–H groups in total. The Hall–Kier alpha value is -0.570. The largest absolute Gasteiger partial charge is 0.481 e. The summed E-state index contributed by atoms with van der Waals surface area (Å²) in [7, 11) is 0. The molecule has 2 atom stereocenters. The number of carbonyl (C=O) groups is 2. The summed E-state index contributed by atoms with van der Waals surface area (Å²) in [5.74, 6) is -1.84. The number of carboxylic acids is 1. The van der Waals surface area contributed by atoms with E-state index < -0.39 is 23.0 Å². The minimum Gasteiger partial charge on any atom is -0.481 e. The highest BCUT2D eigenvalue weighted by Gasteiger charge is 2.47. The summed E-state index contributed by atoms with van der Waals surface area (Å²) in [6.07, 6.45) is 0.414. The third-order valence-corrected chi connectivity index (χ3v) is 1.68. The van der Waals surface area contributed by atoms with Crippen molar-refractivity contribution >= 4 is 22.8 Å². The molecule has 0 radical (unpaired) electrons. The number of rotatable bonds is 2. The van der Waals surface area contributed by atoms with Gasteiger partial charge >= 0.3 is 5.97 Å². The van der Waals surface area contributed by atoms with Crippen LogP contribution in [-0.2, 0) is 9.59 Å². The normalized spacial score (nSPS) is 31.7. The molecule has 0 aliphatic heterocycles. The quantitative estimate of drug-likeness (QED) is 0.580. The van der Waals surface area contributed by atoms with Gasteiger partial charge in [-0.1, -0.05) is 0 Å². The van der Waals surface area contributed by atoms with Gasteiger partial charge in [0.05, 0.1) is 5.92 Å². The number of hydrogen-bond donors (Lipinski definition) is 1. The topological polar surface area (TPSA) is 54.4 Å². The molecular formula is C5H5ClO3. The lowest BCUT2D eigenvalue weighted by atomic mass is 10.3. The summed E-state index contributed by atoms with van der Waals surface area (Å²) in [6, 6.07) is 0. The fourth-order valence-corrected chi connectivity index (χ4v) is 0.960. The fraction of sp³-hybridized carbons (Fsp3) is 0.600. The molecule has 3 nitrogen and oxygen atoms in total. The van der Waals surface area contributed by atoms with Gasteiger partial charge in [-0.15, -0.1) is 0 Å². The molecule has 1 fully saturated rings. The minimum absolute atomic E-state index is 0.413. The summed E-state index contributed by atoms with van der Waals surface area (Å²) in [5, 5.41) is 7.74. The van der Waals surface area contributed by atoms with Crippen LogP contribution in [0.3, 0.4) is 0 Å². The molecule has 0 saturated heterocycles. The lowest BCUT2D eigenvalue weighted by Gasteiger charge is -1.83. The molecule has 4 heteroatoms. The predicted molar refractivity (Wildman–Crippen MR) is 30.1 cm³/mol. The van der Waals surface area contributed by atoms with E-state index in [9.17, 15) is 9.59 Å². The lowest BCUT2D eigenvalue weighted by Crippen LogP contribution is -2.02. The second kappa shape index (κ2) is 1.99. The van der Waals surface area contributed by atoms with Crippen LogP contribution in [-0.4, -0.2) is 16.3 Å². The fourth-order valence-electron chi connectivity index (χ4n) is 0.719. The van der Waals surface area contributed by atoms with Crippen molar-refractivity contribution in [2.24, 2.45) is 11.8 Å². The van der Waals surface area contributed by atoms with Gasteiger partial charge in [0.2, 0.25) is 5.24 Å². The van der Waals surface area contributed by atoms with Crippen LogP contribution < -0.4 is 0 Å². The molecule has 0 amide bonds. The van der Waals surface area contributed by atoms with Gasteiger partial charge in [-0.05, 0) is 18.0 Å². The van der Waals surface area contributed by atoms with E-state index in [1.165, 1.54) is 0 Å². The zero-order valence-corrected chi connectivity index (χ0v) is 5.26. The molecule has 0 unspecified atom stereocenters. The van der Waals surface area contributed by atoms with E-state index in [2.05, 4.69) is 0 Å². The Balaban J connectivity index is 2.42. The zero-order chi connectivity index (χ0) is 7.02. The molecule has 9 heavy (non-hydrogen) atoms. The highest BCUT2D eigenvalue weighted by Crippen LogP contribution is 2.40. The van der Waals surface area contributed by atoms with Gasteiger partial charge in [0.15, 0.2) is 0 Å². The summed E-state index contributed by atoms with van der Waals surface area (Å²) < 4.78 is 0. The number of aliphatic carboxylic acids is 1. The molecule has 0 aromatic rings. The Morgan fingerprint density at radius 2 is 2.00 bits per heavy atom. The Morgan fingerprint density at radius 3 is 2.11 bits per heavy atom. The van der Waals surface area contributed by atoms with Crippen LogP contribution in [0, 0.1) is 11.8 Å². The maximum Gasteiger partial charge on any atom is 0.307 e. The minimum atomic E-state index is -0.922. The van der Waals surface area contributed by atoms with Crippen molar-refractivity contribution in [3.05, 3.63) is 0 Å². The van der Waals surface area contributed by atoms with Crippen molar-refractivity contribution in [1.82, 2.24) is 0 Å². The average Bonchev–Trinajstić information content (AvgIpc) is 2.39. The molecule has 0 spiro atoms. The van der Waals surface area contributed by atoms with Crippen LogP contribution in [0.5, 0.6) is 0 Å². The second-order valence-electron chi connectivity index (χ2n) is 2.09. The van der Waals surface area contributed by atoms with E-state index in [1.807, 2.05) is 0 Å². The average molecular weight is 149 g/mol. The second-order valence-corrected chi connectivity index (χ2v) is 2.46. The van der Waals surface area contributed by atoms with Crippen molar-refractivity contribution in [3.8, 4) is 0 Å². The summed E-state index contributed by atoms with van der Waals surface area (Å²) in [5.41, 5.74) is 0. The van der Waals surface area contributed by atoms with Crippen LogP contribution in [0.15, 0.2) is 0 Å². The Labute approximate surface area is 56.6 Å². The van der Waals surface area contributed by atoms with Crippen LogP contribution in [0.1, 0.15) is 6.42 Å². The van der Waals surface area contributed by atoms with E-state index in [-0.39, 0.29) is 0 Å². The Bertz CT molecular complexity index is 148. The summed E-state index contributed by atoms with van der Waals surface area (Å²) in [4.78, 5) is 20.3. The molecule has 50 valence electrons. The van der Waals surface area contributed by atoms with Crippen molar-refractivity contribution in [2.75, 3.05) is 0 Å². The van der Waals surface area contributed by atoms with Gasteiger partial charge in [0.25, 0.3) is 0 Å². The highest BCUT2D eigenvalue weighted by atomic mass is 35.5. The molecular weight excluding hydrogens is 144 g/mol. The first-order valence-electron chi connectivity index (χ1n) is 2.55. The van der Waals surface area contributed by atoms with E-state index in [0.717, 1.165) is 0 Å². The lowest BCUT2D eigenvalue weighted by molar-refractivity contribution is -0.139. The monoisotopic (exact) mass is 148 g/mol. The van der Waals surface area contributed by atoms with E-state index in [4.69, 9.17) is 16.7 Å². The standard InChI is InChI=1S/C5H5ClO3/c6-4(7)2-1-3(2)5(8)9/h2-3H,1H2,(H,8,9)/t2-,3+/m1/s1. The number of halogens is 1. The molecule has 0 heterocycles. The molecule has 1 saturated carbocycles. The van der Waals surface area contributed by atoms with Gasteiger partial charge in [-0.25, -0.2) is 0 Å². The molecule has 0 bridgehead atoms. The maximum absolute atomic E-state index is 10.2. The van der Waals surface area contributed by atoms with Crippen LogP contribution in [0.2, 0.25) is 0 Å². The van der Waals surface area contributed by atoms with Crippen molar-refractivity contribution in [3.63, 3.8) is 0 Å². The third kappa shape index (κ3) is 1.21. The molecule has 0 aromatic heterocycles. The van der Waals surface area contributed by atoms with Gasteiger partial charge in [-0.3, -0.25) is 9.59 Å². The van der Waals surface area contributed by atoms with Crippen LogP contribution in [0.25, 0.3) is 0 Å². The zero-order valence-electron chi connectivity index (χ0n) is 4.50. The number of hydrogen-bond acceptors (Lipinski definition) is 2.